The summed E-state index contributed by atoms with van der Waals surface area (Å²) in [5, 5.41) is 13.1. The molecule has 16 heavy (non-hydrogen) atoms. The maximum Gasteiger partial charge on any atom is 0.127 e. The van der Waals surface area contributed by atoms with Gasteiger partial charge in [-0.05, 0) is 6.42 Å². The average Bonchev–Trinajstić information content (AvgIpc) is 2.47. The predicted octanol–water partition coefficient (Wildman–Crippen LogP) is -1.97. The predicted molar refractivity (Wildman–Crippen MR) is 61.2 cm³/mol. The van der Waals surface area contributed by atoms with Crippen LogP contribution in [0.15, 0.2) is 5.16 Å². The van der Waals surface area contributed by atoms with Crippen LogP contribution in [0.25, 0.3) is 0 Å². The summed E-state index contributed by atoms with van der Waals surface area (Å²) in [5.41, 5.74) is 1.37. The third-order valence-electron chi connectivity index (χ3n) is 4.85. The largest absolute Gasteiger partial charge is 0.411 e. The van der Waals surface area contributed by atoms with E-state index in [9.17, 15) is 5.21 Å². The molecule has 0 radical (unpaired) electrons. The molecule has 4 bridgehead atoms. The lowest BCUT2D eigenvalue weighted by Crippen LogP contribution is -3.17. The molecule has 4 rings (SSSR count). The van der Waals surface area contributed by atoms with Crippen LogP contribution in [0, 0.1) is 11.3 Å². The summed E-state index contributed by atoms with van der Waals surface area (Å²) in [6, 6.07) is 0. The van der Waals surface area contributed by atoms with Gasteiger partial charge in [0.1, 0.15) is 18.5 Å². The van der Waals surface area contributed by atoms with Gasteiger partial charge in [-0.15, -0.1) is 0 Å². The Morgan fingerprint density at radius 1 is 1.31 bits per heavy atom. The number of nitrogens with one attached hydrogen (secondary N) is 2. The van der Waals surface area contributed by atoms with Gasteiger partial charge in [-0.2, -0.15) is 0 Å². The number of piperidine rings is 2. The Labute approximate surface area is 96.9 Å². The van der Waals surface area contributed by atoms with Gasteiger partial charge < -0.3 is 15.0 Å². The molecule has 3 N–H and O–H groups in total. The summed E-state index contributed by atoms with van der Waals surface area (Å²) < 4.78 is 0. The molecule has 4 aliphatic heterocycles. The molecule has 4 fully saturated rings. The first kappa shape index (κ1) is 10.5. The Bertz CT molecular complexity index is 299. The number of hydrogen-bond donors (Lipinski definition) is 3. The van der Waals surface area contributed by atoms with E-state index in [2.05, 4.69) is 12.1 Å². The van der Waals surface area contributed by atoms with Gasteiger partial charge in [-0.1, -0.05) is 18.5 Å². The topological polar surface area (TPSA) is 41.5 Å². The number of hydrogen-bond acceptors (Lipinski definition) is 2. The zero-order valence-corrected chi connectivity index (χ0v) is 10.1. The molecule has 0 aromatic carbocycles. The molecule has 2 atom stereocenters. The Hall–Kier alpha value is -0.610. The standard InChI is InChI=1S/C12H21N3O/c1-2-3-12-8-14-4-5-15(9-12)7-10(6-14)11(12)13-16/h10,16H,2-9H2,1H3/p+2/b13-11-. The highest BCUT2D eigenvalue weighted by Gasteiger charge is 2.57. The van der Waals surface area contributed by atoms with Crippen molar-refractivity contribution in [2.24, 2.45) is 16.5 Å². The van der Waals surface area contributed by atoms with Crippen LogP contribution in [0.2, 0.25) is 0 Å². The minimum absolute atomic E-state index is 0.228. The minimum atomic E-state index is 0.228. The van der Waals surface area contributed by atoms with Crippen molar-refractivity contribution in [2.45, 2.75) is 19.8 Å². The first-order valence-electron chi connectivity index (χ1n) is 6.67. The van der Waals surface area contributed by atoms with Crippen LogP contribution in [0.3, 0.4) is 0 Å². The van der Waals surface area contributed by atoms with Gasteiger partial charge in [0.15, 0.2) is 0 Å². The lowest BCUT2D eigenvalue weighted by molar-refractivity contribution is -0.918. The van der Waals surface area contributed by atoms with Crippen molar-refractivity contribution in [1.82, 2.24) is 0 Å². The van der Waals surface area contributed by atoms with Crippen molar-refractivity contribution >= 4 is 5.71 Å². The second-order valence-corrected chi connectivity index (χ2v) is 5.97. The average molecular weight is 225 g/mol. The van der Waals surface area contributed by atoms with E-state index in [4.69, 9.17) is 0 Å². The van der Waals surface area contributed by atoms with Gasteiger partial charge in [0.05, 0.1) is 37.8 Å². The maximum absolute atomic E-state index is 9.35. The van der Waals surface area contributed by atoms with Gasteiger partial charge in [-0.25, -0.2) is 0 Å². The highest BCUT2D eigenvalue weighted by molar-refractivity contribution is 5.93. The van der Waals surface area contributed by atoms with E-state index in [1.54, 1.807) is 9.80 Å². The van der Waals surface area contributed by atoms with E-state index in [0.717, 1.165) is 5.71 Å². The van der Waals surface area contributed by atoms with Crippen molar-refractivity contribution in [2.75, 3.05) is 39.3 Å². The molecule has 0 aromatic rings. The second-order valence-electron chi connectivity index (χ2n) is 5.97. The van der Waals surface area contributed by atoms with Crippen LogP contribution in [-0.2, 0) is 0 Å². The number of rotatable bonds is 2. The summed E-state index contributed by atoms with van der Waals surface area (Å²) >= 11 is 0. The van der Waals surface area contributed by atoms with E-state index in [1.807, 2.05) is 0 Å². The lowest BCUT2D eigenvalue weighted by atomic mass is 9.68. The van der Waals surface area contributed by atoms with E-state index in [-0.39, 0.29) is 5.41 Å². The second kappa shape index (κ2) is 3.70. The molecule has 4 nitrogen and oxygen atoms in total. The molecule has 4 aliphatic rings. The Morgan fingerprint density at radius 3 is 2.44 bits per heavy atom. The Kier molecular flexibility index (Phi) is 2.44. The lowest BCUT2D eigenvalue weighted by Gasteiger charge is -2.45. The third-order valence-corrected chi connectivity index (χ3v) is 4.85. The molecule has 0 spiro atoms. The molecule has 0 aliphatic carbocycles. The summed E-state index contributed by atoms with van der Waals surface area (Å²) in [7, 11) is 0. The number of quaternary nitrogens is 2. The number of nitrogens with zero attached hydrogens (tertiary/aromatic N) is 1. The van der Waals surface area contributed by atoms with E-state index in [1.165, 1.54) is 52.1 Å². The van der Waals surface area contributed by atoms with Crippen molar-refractivity contribution < 1.29 is 15.0 Å². The van der Waals surface area contributed by atoms with Gasteiger partial charge in [0, 0.05) is 0 Å². The summed E-state index contributed by atoms with van der Waals surface area (Å²) in [4.78, 5) is 3.50. The van der Waals surface area contributed by atoms with E-state index >= 15 is 0 Å². The Balaban J connectivity index is 1.99. The van der Waals surface area contributed by atoms with Crippen molar-refractivity contribution in [3.05, 3.63) is 0 Å². The molecule has 4 saturated heterocycles. The van der Waals surface area contributed by atoms with Crippen molar-refractivity contribution in [3.8, 4) is 0 Å². The molecule has 0 amide bonds. The zero-order valence-electron chi connectivity index (χ0n) is 10.1. The van der Waals surface area contributed by atoms with Gasteiger partial charge in [-0.3, -0.25) is 0 Å². The SMILES string of the molecule is CCCC12C[NH+]3CC[NH+](CC(C3)/C1=N/O)C2. The van der Waals surface area contributed by atoms with Crippen LogP contribution in [0.4, 0.5) is 0 Å². The quantitative estimate of drug-likeness (QED) is 0.370. The molecule has 90 valence electrons. The first-order valence-corrected chi connectivity index (χ1v) is 6.67. The van der Waals surface area contributed by atoms with Crippen LogP contribution in [-0.4, -0.2) is 50.2 Å². The fraction of sp³-hybridized carbons (Fsp3) is 0.917. The number of oxime groups is 1. The monoisotopic (exact) mass is 225 g/mol. The maximum atomic E-state index is 9.35. The fourth-order valence-corrected chi connectivity index (χ4v) is 4.45. The van der Waals surface area contributed by atoms with Crippen LogP contribution < -0.4 is 9.80 Å². The van der Waals surface area contributed by atoms with Crippen LogP contribution >= 0.6 is 0 Å². The van der Waals surface area contributed by atoms with Crippen molar-refractivity contribution in [3.63, 3.8) is 0 Å². The zero-order chi connectivity index (χ0) is 11.2. The fourth-order valence-electron chi connectivity index (χ4n) is 4.45. The van der Waals surface area contributed by atoms with Gasteiger partial charge in [0.2, 0.25) is 0 Å². The first-order chi connectivity index (χ1) is 7.77. The molecule has 4 heterocycles. The van der Waals surface area contributed by atoms with E-state index < -0.39 is 0 Å². The highest BCUT2D eigenvalue weighted by atomic mass is 16.4. The third kappa shape index (κ3) is 1.39. The van der Waals surface area contributed by atoms with Gasteiger partial charge >= 0.3 is 0 Å². The summed E-state index contributed by atoms with van der Waals surface area (Å²) in [6.07, 6.45) is 2.40. The molecule has 0 saturated carbocycles. The molecular formula is C12H23N3O+2. The highest BCUT2D eigenvalue weighted by Crippen LogP contribution is 2.31. The normalized spacial score (nSPS) is 48.6. The number of fused-ring (bicyclic) bond motifs is 1. The van der Waals surface area contributed by atoms with Gasteiger partial charge in [0.25, 0.3) is 0 Å². The van der Waals surface area contributed by atoms with E-state index in [0.29, 0.717) is 5.92 Å². The molecule has 0 aromatic heterocycles. The summed E-state index contributed by atoms with van der Waals surface area (Å²) in [6.45, 7) is 9.70. The minimum Gasteiger partial charge on any atom is -0.411 e. The molecular weight excluding hydrogens is 202 g/mol. The Morgan fingerprint density at radius 2 is 1.94 bits per heavy atom. The molecule has 4 heteroatoms. The van der Waals surface area contributed by atoms with Crippen LogP contribution in [0.5, 0.6) is 0 Å². The summed E-state index contributed by atoms with van der Waals surface area (Å²) in [5.74, 6) is 0.548. The molecule has 2 unspecified atom stereocenters. The smallest absolute Gasteiger partial charge is 0.127 e. The van der Waals surface area contributed by atoms with Crippen LogP contribution in [0.1, 0.15) is 19.8 Å². The van der Waals surface area contributed by atoms with Crippen molar-refractivity contribution in [1.29, 1.82) is 0 Å².